The van der Waals surface area contributed by atoms with Gasteiger partial charge >= 0.3 is 0 Å². The number of methoxy groups -OCH3 is 2. The molecule has 1 heterocycles. The van der Waals surface area contributed by atoms with E-state index < -0.39 is 0 Å². The van der Waals surface area contributed by atoms with Gasteiger partial charge in [0.05, 0.1) is 14.2 Å². The zero-order valence-electron chi connectivity index (χ0n) is 16.9. The fraction of sp³-hybridized carbons (Fsp3) is 0.200. The van der Waals surface area contributed by atoms with Crippen LogP contribution in [0.4, 0.5) is 0 Å². The van der Waals surface area contributed by atoms with Crippen LogP contribution in [0.5, 0.6) is 11.5 Å². The molecular formula is C25H26N2O2. The molecule has 1 aliphatic rings. The number of benzene rings is 2. The highest BCUT2D eigenvalue weighted by Gasteiger charge is 2.10. The van der Waals surface area contributed by atoms with Crippen LogP contribution in [0.2, 0.25) is 0 Å². The minimum Gasteiger partial charge on any atom is -0.497 e. The van der Waals surface area contributed by atoms with Gasteiger partial charge in [-0.15, -0.1) is 0 Å². The van der Waals surface area contributed by atoms with Crippen molar-refractivity contribution in [3.8, 4) is 22.6 Å². The van der Waals surface area contributed by atoms with Gasteiger partial charge in [0, 0.05) is 34.6 Å². The fourth-order valence-electron chi connectivity index (χ4n) is 3.66. The van der Waals surface area contributed by atoms with E-state index in [-0.39, 0.29) is 0 Å². The highest BCUT2D eigenvalue weighted by Crippen LogP contribution is 2.21. The molecule has 0 bridgehead atoms. The van der Waals surface area contributed by atoms with E-state index in [1.165, 1.54) is 22.0 Å². The first-order chi connectivity index (χ1) is 14.3. The summed E-state index contributed by atoms with van der Waals surface area (Å²) >= 11 is 0. The van der Waals surface area contributed by atoms with Crippen molar-refractivity contribution in [1.82, 2.24) is 10.3 Å². The Kier molecular flexibility index (Phi) is 5.71. The molecule has 0 aliphatic heterocycles. The third-order valence-corrected chi connectivity index (χ3v) is 5.22. The highest BCUT2D eigenvalue weighted by atomic mass is 16.5. The van der Waals surface area contributed by atoms with Crippen molar-refractivity contribution >= 4 is 11.8 Å². The molecule has 0 fully saturated rings. The molecule has 29 heavy (non-hydrogen) atoms. The van der Waals surface area contributed by atoms with Crippen LogP contribution < -0.4 is 25.4 Å². The summed E-state index contributed by atoms with van der Waals surface area (Å²) in [4.78, 5) is 3.45. The van der Waals surface area contributed by atoms with E-state index in [4.69, 9.17) is 9.47 Å². The fourth-order valence-corrected chi connectivity index (χ4v) is 3.66. The van der Waals surface area contributed by atoms with Crippen LogP contribution in [0.15, 0.2) is 66.9 Å². The quantitative estimate of drug-likeness (QED) is 0.679. The van der Waals surface area contributed by atoms with E-state index >= 15 is 0 Å². The molecule has 0 atom stereocenters. The van der Waals surface area contributed by atoms with E-state index in [0.29, 0.717) is 0 Å². The first-order valence-corrected chi connectivity index (χ1v) is 9.87. The lowest BCUT2D eigenvalue weighted by Gasteiger charge is -2.13. The molecule has 2 aromatic carbocycles. The molecule has 2 N–H and O–H groups in total. The number of hydrogen-bond donors (Lipinski definition) is 2. The summed E-state index contributed by atoms with van der Waals surface area (Å²) in [6, 6.07) is 16.4. The van der Waals surface area contributed by atoms with Gasteiger partial charge in [0.2, 0.25) is 0 Å². The van der Waals surface area contributed by atoms with Crippen molar-refractivity contribution in [2.24, 2.45) is 0 Å². The Bertz CT molecular complexity index is 1120. The number of hydrogen-bond acceptors (Lipinski definition) is 3. The Hall–Kier alpha value is -3.40. The first-order valence-electron chi connectivity index (χ1n) is 9.87. The molecule has 4 heteroatoms. The van der Waals surface area contributed by atoms with E-state index in [1.54, 1.807) is 14.2 Å². The van der Waals surface area contributed by atoms with Gasteiger partial charge < -0.3 is 19.8 Å². The number of ether oxygens (including phenoxy) is 2. The molecule has 1 aromatic heterocycles. The molecular weight excluding hydrogens is 360 g/mol. The van der Waals surface area contributed by atoms with Crippen molar-refractivity contribution in [2.75, 3.05) is 14.2 Å². The number of aromatic nitrogens is 1. The number of aromatic amines is 1. The van der Waals surface area contributed by atoms with Gasteiger partial charge in [-0.3, -0.25) is 0 Å². The predicted molar refractivity (Wildman–Crippen MR) is 118 cm³/mol. The summed E-state index contributed by atoms with van der Waals surface area (Å²) in [5, 5.41) is 6.05. The van der Waals surface area contributed by atoms with Crippen LogP contribution in [0, 0.1) is 0 Å². The van der Waals surface area contributed by atoms with Crippen molar-refractivity contribution in [3.63, 3.8) is 0 Å². The van der Waals surface area contributed by atoms with Crippen LogP contribution in [-0.4, -0.2) is 19.2 Å². The van der Waals surface area contributed by atoms with Crippen molar-refractivity contribution < 1.29 is 9.47 Å². The average Bonchev–Trinajstić information content (AvgIpc) is 3.17. The minimum absolute atomic E-state index is 0.769. The lowest BCUT2D eigenvalue weighted by atomic mass is 10.0. The first kappa shape index (κ1) is 18.9. The maximum Gasteiger partial charge on any atom is 0.119 e. The summed E-state index contributed by atoms with van der Waals surface area (Å²) in [5.74, 6) is 1.74. The number of rotatable bonds is 6. The lowest BCUT2D eigenvalue weighted by molar-refractivity contribution is 0.414. The Morgan fingerprint density at radius 2 is 1.83 bits per heavy atom. The minimum atomic E-state index is 0.769. The Morgan fingerprint density at radius 1 is 1.00 bits per heavy atom. The molecule has 148 valence electrons. The predicted octanol–water partition coefficient (Wildman–Crippen LogP) is 3.73. The Labute approximate surface area is 171 Å². The van der Waals surface area contributed by atoms with Gasteiger partial charge in [-0.1, -0.05) is 36.4 Å². The van der Waals surface area contributed by atoms with Crippen LogP contribution in [-0.2, 0) is 6.54 Å². The zero-order chi connectivity index (χ0) is 20.1. The zero-order valence-corrected chi connectivity index (χ0v) is 16.9. The highest BCUT2D eigenvalue weighted by molar-refractivity contribution is 5.69. The maximum absolute atomic E-state index is 5.43. The van der Waals surface area contributed by atoms with E-state index in [1.807, 2.05) is 24.3 Å². The van der Waals surface area contributed by atoms with E-state index in [9.17, 15) is 0 Å². The van der Waals surface area contributed by atoms with E-state index in [2.05, 4.69) is 59.0 Å². The van der Waals surface area contributed by atoms with Crippen LogP contribution >= 0.6 is 0 Å². The van der Waals surface area contributed by atoms with Crippen molar-refractivity contribution in [3.05, 3.63) is 83.0 Å². The summed E-state index contributed by atoms with van der Waals surface area (Å²) in [5.41, 5.74) is 4.79. The van der Waals surface area contributed by atoms with Crippen LogP contribution in [0.3, 0.4) is 0 Å². The van der Waals surface area contributed by atoms with Gasteiger partial charge in [-0.2, -0.15) is 0 Å². The van der Waals surface area contributed by atoms with Crippen LogP contribution in [0.25, 0.3) is 22.9 Å². The normalized spacial score (nSPS) is 17.2. The smallest absolute Gasteiger partial charge is 0.119 e. The molecule has 1 aliphatic carbocycles. The van der Waals surface area contributed by atoms with Crippen LogP contribution in [0.1, 0.15) is 18.4 Å². The summed E-state index contributed by atoms with van der Waals surface area (Å²) in [6.07, 6.45) is 10.5. The number of H-pyrrole nitrogens is 1. The molecule has 0 unspecified atom stereocenters. The second kappa shape index (κ2) is 8.74. The Balaban J connectivity index is 1.75. The van der Waals surface area contributed by atoms with Crippen molar-refractivity contribution in [2.45, 2.75) is 19.4 Å². The van der Waals surface area contributed by atoms with Gasteiger partial charge in [-0.05, 0) is 54.3 Å². The molecule has 0 saturated carbocycles. The molecule has 4 rings (SSSR count). The monoisotopic (exact) mass is 386 g/mol. The SMILES string of the molecule is COc1ccc(CN\C2=c3/c(-c4cccc(OC)c4)c[nH]/c3=C/C=C\CC2)cc1. The largest absolute Gasteiger partial charge is 0.497 e. The molecule has 0 spiro atoms. The maximum atomic E-state index is 5.43. The second-order valence-corrected chi connectivity index (χ2v) is 7.04. The molecule has 0 radical (unpaired) electrons. The van der Waals surface area contributed by atoms with E-state index in [0.717, 1.165) is 41.8 Å². The lowest BCUT2D eigenvalue weighted by Crippen LogP contribution is -2.32. The summed E-state index contributed by atoms with van der Waals surface area (Å²) in [6.45, 7) is 0.769. The standard InChI is InChI=1S/C25H26N2O2/c1-28-20-13-11-18(12-14-20)16-26-23-9-4-3-5-10-24-25(23)22(17-27-24)19-7-6-8-21(15-19)29-2/h3,5-8,10-15,17,26-27H,4,9,16H2,1-2H3/b5-3-,24-10+,25-23+. The molecule has 0 amide bonds. The topological polar surface area (TPSA) is 46.3 Å². The summed E-state index contributed by atoms with van der Waals surface area (Å²) < 4.78 is 10.7. The van der Waals surface area contributed by atoms with Gasteiger partial charge in [0.25, 0.3) is 0 Å². The average molecular weight is 386 g/mol. The van der Waals surface area contributed by atoms with Crippen molar-refractivity contribution in [1.29, 1.82) is 0 Å². The second-order valence-electron chi connectivity index (χ2n) is 7.04. The molecule has 0 saturated heterocycles. The number of nitrogens with one attached hydrogen (secondary N) is 2. The third kappa shape index (κ3) is 4.21. The third-order valence-electron chi connectivity index (χ3n) is 5.22. The Morgan fingerprint density at radius 3 is 2.62 bits per heavy atom. The molecule has 4 nitrogen and oxygen atoms in total. The molecule has 3 aromatic rings. The van der Waals surface area contributed by atoms with Gasteiger partial charge in [-0.25, -0.2) is 0 Å². The number of fused-ring (bicyclic) bond motifs is 1. The number of allylic oxidation sites excluding steroid dienone is 2. The van der Waals surface area contributed by atoms with Gasteiger partial charge in [0.15, 0.2) is 0 Å². The summed E-state index contributed by atoms with van der Waals surface area (Å²) in [7, 11) is 3.39. The van der Waals surface area contributed by atoms with Gasteiger partial charge in [0.1, 0.15) is 11.5 Å².